The SMILES string of the molecule is C1CCOC1.CCC.CCOC(=O)Cn1ccc2ccccc21.NC(=O)C(=O)c1c[nH]c2ccccc12.O=C1NC(=O)C(n2ccc3ccccc32)=C1c1c[nH]c2ccccc12.c1ccc2[nH]ccc2c1.c1ccc2[nH]ccc2c1. The number of imide groups is 1. The van der Waals surface area contributed by atoms with Gasteiger partial charge >= 0.3 is 5.97 Å². The maximum Gasteiger partial charge on any atom is 0.325 e. The molecule has 2 aliphatic heterocycles. The Morgan fingerprint density at radius 2 is 1.05 bits per heavy atom. The molecule has 0 spiro atoms. The van der Waals surface area contributed by atoms with E-state index in [9.17, 15) is 24.0 Å². The minimum absolute atomic E-state index is 0.196. The average Bonchev–Trinajstić information content (AvgIpc) is 4.36. The third-order valence-electron chi connectivity index (χ3n) is 12.7. The number of nitrogens with two attached hydrogens (primary N) is 1. The van der Waals surface area contributed by atoms with Gasteiger partial charge in [0, 0.05) is 94.3 Å². The van der Waals surface area contributed by atoms with E-state index < -0.39 is 11.7 Å². The zero-order chi connectivity index (χ0) is 56.2. The molecule has 15 nitrogen and oxygen atoms in total. The molecule has 0 unspecified atom stereocenters. The van der Waals surface area contributed by atoms with Crippen LogP contribution < -0.4 is 11.1 Å². The number of rotatable bonds is 7. The number of Topliss-reactive ketones (excluding diaryl/α,β-unsaturated/α-hetero) is 1. The molecule has 0 atom stereocenters. The number of esters is 1. The fourth-order valence-electron chi connectivity index (χ4n) is 9.00. The Morgan fingerprint density at radius 3 is 1.62 bits per heavy atom. The van der Waals surface area contributed by atoms with E-state index in [1.54, 1.807) is 22.9 Å². The number of hydrogen-bond acceptors (Lipinski definition) is 7. The second-order valence-corrected chi connectivity index (χ2v) is 18.4. The van der Waals surface area contributed by atoms with E-state index in [4.69, 9.17) is 15.2 Å². The van der Waals surface area contributed by atoms with Crippen LogP contribution in [0.2, 0.25) is 0 Å². The second kappa shape index (κ2) is 27.9. The maximum absolute atomic E-state index is 12.6. The van der Waals surface area contributed by atoms with Crippen molar-refractivity contribution < 1.29 is 33.4 Å². The molecular formula is C65H64N8O7. The fraction of sp³-hybridized carbons (Fsp3) is 0.154. The number of ether oxygens (including phenoxy) is 2. The normalized spacial score (nSPS) is 12.4. The number of aromatic amines is 4. The average molecular weight is 1070 g/mol. The Hall–Kier alpha value is -9.99. The number of benzene rings is 6. The highest BCUT2D eigenvalue weighted by atomic mass is 16.5. The zero-order valence-corrected chi connectivity index (χ0v) is 44.9. The molecule has 2 aliphatic rings. The van der Waals surface area contributed by atoms with Crippen LogP contribution in [0.25, 0.3) is 76.7 Å². The van der Waals surface area contributed by atoms with Crippen molar-refractivity contribution >= 4 is 106 Å². The molecular weight excluding hydrogens is 1000 g/mol. The van der Waals surface area contributed by atoms with Crippen molar-refractivity contribution in [2.24, 2.45) is 5.73 Å². The predicted molar refractivity (Wildman–Crippen MR) is 320 cm³/mol. The van der Waals surface area contributed by atoms with Crippen LogP contribution in [0.5, 0.6) is 0 Å². The molecule has 406 valence electrons. The monoisotopic (exact) mass is 1070 g/mol. The molecule has 8 heterocycles. The topological polar surface area (TPSA) is 215 Å². The van der Waals surface area contributed by atoms with E-state index in [0.29, 0.717) is 23.4 Å². The number of hydrogen-bond donors (Lipinski definition) is 6. The van der Waals surface area contributed by atoms with Crippen LogP contribution in [-0.4, -0.2) is 78.4 Å². The minimum Gasteiger partial charge on any atom is -0.465 e. The standard InChI is InChI=1S/C20H13N3O2.C12H13NO2.C10H8N2O2.2C8H7N.C4H8O.C3H8/c24-19-17(14-11-21-15-7-3-2-6-13(14)15)18(20(25)22-19)23-10-9-12-5-1-4-8-16(12)23;1-2-15-12(14)9-13-8-7-10-5-3-4-6-11(10)13;11-10(14)9(13)7-5-12-8-4-2-1-3-6(7)8;2*1-2-4-8-7(3-1)5-6-9-8;1-2-4-5-3-1;1-3-2/h1-11,21H,(H,22,24,25);3-8H,2,9H2,1H3;1-5,12H,(H2,11,14);2*1-6,9H;1-4H2;3H2,1-2H3. The van der Waals surface area contributed by atoms with Crippen molar-refractivity contribution in [3.8, 4) is 0 Å². The van der Waals surface area contributed by atoms with Gasteiger partial charge in [0.05, 0.1) is 23.3 Å². The Bertz CT molecular complexity index is 3820. The van der Waals surface area contributed by atoms with Gasteiger partial charge in [-0.2, -0.15) is 0 Å². The lowest BCUT2D eigenvalue weighted by atomic mass is 10.0. The minimum atomic E-state index is -0.935. The van der Waals surface area contributed by atoms with E-state index in [2.05, 4.69) is 75.5 Å². The summed E-state index contributed by atoms with van der Waals surface area (Å²) in [5, 5.41) is 8.77. The third kappa shape index (κ3) is 13.9. The summed E-state index contributed by atoms with van der Waals surface area (Å²) in [7, 11) is 0. The van der Waals surface area contributed by atoms with Crippen LogP contribution in [0, 0.1) is 0 Å². The fourth-order valence-corrected chi connectivity index (χ4v) is 9.00. The molecule has 6 aromatic heterocycles. The summed E-state index contributed by atoms with van der Waals surface area (Å²) in [6, 6.07) is 55.2. The van der Waals surface area contributed by atoms with Gasteiger partial charge in [-0.25, -0.2) is 0 Å². The van der Waals surface area contributed by atoms with Crippen molar-refractivity contribution in [1.82, 2.24) is 34.4 Å². The first kappa shape index (κ1) is 56.2. The molecule has 12 aromatic rings. The summed E-state index contributed by atoms with van der Waals surface area (Å²) in [6.07, 6.45) is 14.7. The van der Waals surface area contributed by atoms with E-state index in [0.717, 1.165) is 62.4 Å². The largest absolute Gasteiger partial charge is 0.465 e. The summed E-state index contributed by atoms with van der Waals surface area (Å²) in [6.45, 7) is 8.77. The summed E-state index contributed by atoms with van der Waals surface area (Å²) < 4.78 is 13.5. The molecule has 14 rings (SSSR count). The summed E-state index contributed by atoms with van der Waals surface area (Å²) >= 11 is 0. The summed E-state index contributed by atoms with van der Waals surface area (Å²) in [5.41, 5.74) is 12.8. The van der Waals surface area contributed by atoms with Crippen LogP contribution in [0.1, 0.15) is 56.0 Å². The summed E-state index contributed by atoms with van der Waals surface area (Å²) in [4.78, 5) is 70.7. The first-order chi connectivity index (χ1) is 39.1. The smallest absolute Gasteiger partial charge is 0.325 e. The highest BCUT2D eigenvalue weighted by Gasteiger charge is 2.34. The maximum atomic E-state index is 12.6. The van der Waals surface area contributed by atoms with Crippen LogP contribution in [0.3, 0.4) is 0 Å². The first-order valence-corrected chi connectivity index (χ1v) is 26.5. The van der Waals surface area contributed by atoms with Gasteiger partial charge in [-0.3, -0.25) is 29.3 Å². The van der Waals surface area contributed by atoms with Crippen molar-refractivity contribution in [1.29, 1.82) is 0 Å². The van der Waals surface area contributed by atoms with Gasteiger partial charge in [-0.15, -0.1) is 0 Å². The molecule has 0 radical (unpaired) electrons. The van der Waals surface area contributed by atoms with Crippen molar-refractivity contribution in [3.05, 3.63) is 218 Å². The second-order valence-electron chi connectivity index (χ2n) is 18.4. The molecule has 3 amide bonds. The summed E-state index contributed by atoms with van der Waals surface area (Å²) in [5.74, 6) is -2.55. The molecule has 15 heteroatoms. The number of nitrogens with one attached hydrogen (secondary N) is 5. The molecule has 1 fully saturated rings. The van der Waals surface area contributed by atoms with E-state index >= 15 is 0 Å². The Balaban J connectivity index is 0.000000133. The molecule has 7 N–H and O–H groups in total. The van der Waals surface area contributed by atoms with Gasteiger partial charge in [0.25, 0.3) is 23.5 Å². The van der Waals surface area contributed by atoms with E-state index in [-0.39, 0.29) is 24.3 Å². The number of H-pyrrole nitrogens is 4. The number of carbonyl (C=O) groups is 5. The predicted octanol–water partition coefficient (Wildman–Crippen LogP) is 12.7. The number of primary amides is 1. The van der Waals surface area contributed by atoms with E-state index in [1.807, 2.05) is 158 Å². The van der Waals surface area contributed by atoms with Gasteiger partial charge in [-0.05, 0) is 102 Å². The van der Waals surface area contributed by atoms with Crippen molar-refractivity contribution in [2.45, 2.75) is 46.6 Å². The Morgan fingerprint density at radius 1 is 0.550 bits per heavy atom. The number of ketones is 1. The lowest BCUT2D eigenvalue weighted by Crippen LogP contribution is -2.23. The highest BCUT2D eigenvalue weighted by Crippen LogP contribution is 2.34. The Kier molecular flexibility index (Phi) is 19.6. The zero-order valence-electron chi connectivity index (χ0n) is 44.9. The number of aromatic nitrogens is 6. The third-order valence-corrected chi connectivity index (χ3v) is 12.7. The number of nitrogens with zero attached hydrogens (tertiary/aromatic N) is 2. The molecule has 0 saturated carbocycles. The quantitative estimate of drug-likeness (QED) is 0.0393. The highest BCUT2D eigenvalue weighted by molar-refractivity contribution is 6.48. The van der Waals surface area contributed by atoms with Gasteiger partial charge in [-0.1, -0.05) is 129 Å². The van der Waals surface area contributed by atoms with Crippen LogP contribution in [-0.2, 0) is 35.2 Å². The first-order valence-electron chi connectivity index (χ1n) is 26.5. The lowest BCUT2D eigenvalue weighted by Gasteiger charge is -2.07. The van der Waals surface area contributed by atoms with Crippen LogP contribution >= 0.6 is 0 Å². The Labute approximate surface area is 462 Å². The molecule has 1 saturated heterocycles. The number of para-hydroxylation sites is 6. The van der Waals surface area contributed by atoms with Crippen molar-refractivity contribution in [3.63, 3.8) is 0 Å². The molecule has 80 heavy (non-hydrogen) atoms. The van der Waals surface area contributed by atoms with Gasteiger partial charge in [0.2, 0.25) is 0 Å². The molecule has 0 aliphatic carbocycles. The van der Waals surface area contributed by atoms with Crippen LogP contribution in [0.15, 0.2) is 207 Å². The van der Waals surface area contributed by atoms with Crippen molar-refractivity contribution in [2.75, 3.05) is 19.8 Å². The van der Waals surface area contributed by atoms with Crippen LogP contribution in [0.4, 0.5) is 0 Å². The van der Waals surface area contributed by atoms with Gasteiger partial charge < -0.3 is 44.3 Å². The number of amides is 3. The molecule has 0 bridgehead atoms. The number of fused-ring (bicyclic) bond motifs is 6. The lowest BCUT2D eigenvalue weighted by molar-refractivity contribution is -0.143. The molecule has 6 aromatic carbocycles. The van der Waals surface area contributed by atoms with Gasteiger partial charge in [0.15, 0.2) is 0 Å². The van der Waals surface area contributed by atoms with E-state index in [1.165, 1.54) is 47.3 Å². The number of carbonyl (C=O) groups excluding carboxylic acids is 5. The van der Waals surface area contributed by atoms with Gasteiger partial charge in [0.1, 0.15) is 12.2 Å².